The summed E-state index contributed by atoms with van der Waals surface area (Å²) in [5.41, 5.74) is -1.77. The zero-order valence-electron chi connectivity index (χ0n) is 12.7. The number of nitrogens with one attached hydrogen (secondary N) is 2. The molecule has 0 radical (unpaired) electrons. The zero-order valence-corrected chi connectivity index (χ0v) is 15.0. The summed E-state index contributed by atoms with van der Waals surface area (Å²) < 4.78 is 0. The van der Waals surface area contributed by atoms with E-state index < -0.39 is 47.3 Å². The van der Waals surface area contributed by atoms with Crippen molar-refractivity contribution in [3.8, 4) is 0 Å². The second-order valence-electron chi connectivity index (χ2n) is 6.12. The molecule has 0 aromatic heterocycles. The number of benzene rings is 1. The molecule has 3 rings (SSSR count). The molecule has 0 spiro atoms. The molecule has 2 aliphatic heterocycles. The first-order chi connectivity index (χ1) is 11.6. The number of fused-ring (bicyclic) bond motifs is 1. The lowest BCUT2D eigenvalue weighted by molar-refractivity contribution is -0.154. The lowest BCUT2D eigenvalue weighted by Crippen LogP contribution is -2.62. The van der Waals surface area contributed by atoms with Gasteiger partial charge >= 0.3 is 5.97 Å². The van der Waals surface area contributed by atoms with E-state index in [1.807, 2.05) is 0 Å². The Labute approximate surface area is 157 Å². The van der Waals surface area contributed by atoms with Crippen LogP contribution in [0.3, 0.4) is 0 Å². The number of carbonyl (C=O) groups is 3. The van der Waals surface area contributed by atoms with E-state index in [0.29, 0.717) is 0 Å². The highest BCUT2D eigenvalue weighted by Crippen LogP contribution is 2.50. The van der Waals surface area contributed by atoms with Crippen LogP contribution in [0.4, 0.5) is 0 Å². The molecule has 4 N–H and O–H groups in total. The summed E-state index contributed by atoms with van der Waals surface area (Å²) >= 11 is 18.2. The van der Waals surface area contributed by atoms with Gasteiger partial charge in [0.15, 0.2) is 5.54 Å². The molecule has 2 saturated heterocycles. The Bertz CT molecular complexity index is 800. The number of halogens is 3. The van der Waals surface area contributed by atoms with E-state index >= 15 is 0 Å². The minimum atomic E-state index is -2.05. The van der Waals surface area contributed by atoms with Crippen LogP contribution in [0, 0.1) is 11.8 Å². The van der Waals surface area contributed by atoms with Gasteiger partial charge in [0, 0.05) is 11.1 Å². The highest BCUT2D eigenvalue weighted by molar-refractivity contribution is 6.43. The van der Waals surface area contributed by atoms with E-state index in [1.165, 1.54) is 19.1 Å². The first-order valence-electron chi connectivity index (χ1n) is 7.29. The third kappa shape index (κ3) is 2.53. The van der Waals surface area contributed by atoms with Crippen molar-refractivity contribution in [3.63, 3.8) is 0 Å². The average molecular weight is 408 g/mol. The standard InChI is InChI=1S/C15H13Cl3N2O5/c1-4(21)15(14(24)25)9-8(12(22)19-13(9)23)11(20-15)6-2-5(16)3-7(17)10(6)18/h2-4,8-9,11,20-21H,1H3,(H,24,25)(H,19,22,23). The summed E-state index contributed by atoms with van der Waals surface area (Å²) in [7, 11) is 0. The highest BCUT2D eigenvalue weighted by atomic mass is 35.5. The molecule has 0 aliphatic carbocycles. The Balaban J connectivity index is 2.22. The van der Waals surface area contributed by atoms with Crippen molar-refractivity contribution in [1.29, 1.82) is 0 Å². The summed E-state index contributed by atoms with van der Waals surface area (Å²) in [5.74, 6) is -5.25. The SMILES string of the molecule is CC(O)C1(C(=O)O)NC(c2cc(Cl)cc(Cl)c2Cl)C2C(=O)NC(=O)C21. The molecule has 5 unspecified atom stereocenters. The summed E-state index contributed by atoms with van der Waals surface area (Å²) in [6, 6.07) is 1.88. The molecule has 5 atom stereocenters. The molecule has 0 saturated carbocycles. The molecule has 25 heavy (non-hydrogen) atoms. The van der Waals surface area contributed by atoms with Crippen LogP contribution in [0.25, 0.3) is 0 Å². The number of rotatable bonds is 3. The van der Waals surface area contributed by atoms with Gasteiger partial charge < -0.3 is 10.2 Å². The van der Waals surface area contributed by atoms with Gasteiger partial charge in [-0.15, -0.1) is 0 Å². The molecule has 2 heterocycles. The van der Waals surface area contributed by atoms with Crippen molar-refractivity contribution in [2.45, 2.75) is 24.6 Å². The minimum absolute atomic E-state index is 0.0845. The maximum absolute atomic E-state index is 12.3. The van der Waals surface area contributed by atoms with Crippen LogP contribution in [0.1, 0.15) is 18.5 Å². The first kappa shape index (κ1) is 18.4. The summed E-state index contributed by atoms with van der Waals surface area (Å²) in [6.07, 6.45) is -1.47. The fraction of sp³-hybridized carbons (Fsp3) is 0.400. The third-order valence-corrected chi connectivity index (χ3v) is 5.84. The van der Waals surface area contributed by atoms with Crippen molar-refractivity contribution in [3.05, 3.63) is 32.8 Å². The Morgan fingerprint density at radius 2 is 1.88 bits per heavy atom. The van der Waals surface area contributed by atoms with Crippen molar-refractivity contribution >= 4 is 52.6 Å². The lowest BCUT2D eigenvalue weighted by atomic mass is 9.76. The number of hydrogen-bond donors (Lipinski definition) is 4. The number of carboxylic acids is 1. The van der Waals surface area contributed by atoms with Gasteiger partial charge in [0.25, 0.3) is 0 Å². The summed E-state index contributed by atoms with van der Waals surface area (Å²) in [4.78, 5) is 36.5. The number of hydrogen-bond acceptors (Lipinski definition) is 5. The van der Waals surface area contributed by atoms with Gasteiger partial charge in [-0.05, 0) is 24.6 Å². The fourth-order valence-electron chi connectivity index (χ4n) is 3.69. The van der Waals surface area contributed by atoms with Crippen LogP contribution in [0.2, 0.25) is 15.1 Å². The van der Waals surface area contributed by atoms with Gasteiger partial charge in [0.1, 0.15) is 0 Å². The minimum Gasteiger partial charge on any atom is -0.480 e. The number of amides is 2. The van der Waals surface area contributed by atoms with Crippen LogP contribution in [0.5, 0.6) is 0 Å². The van der Waals surface area contributed by atoms with Crippen molar-refractivity contribution < 1.29 is 24.6 Å². The Morgan fingerprint density at radius 3 is 2.44 bits per heavy atom. The number of imide groups is 1. The number of carbonyl (C=O) groups excluding carboxylic acids is 2. The van der Waals surface area contributed by atoms with Gasteiger partial charge in [-0.25, -0.2) is 0 Å². The molecule has 10 heteroatoms. The second kappa shape index (κ2) is 6.10. The quantitative estimate of drug-likeness (QED) is 0.444. The third-order valence-electron chi connectivity index (χ3n) is 4.80. The van der Waals surface area contributed by atoms with Gasteiger partial charge in [0.05, 0.1) is 28.0 Å². The van der Waals surface area contributed by atoms with Crippen molar-refractivity contribution in [1.82, 2.24) is 10.6 Å². The molecule has 1 aromatic carbocycles. The molecular formula is C15H13Cl3N2O5. The van der Waals surface area contributed by atoms with Crippen molar-refractivity contribution in [2.75, 3.05) is 0 Å². The Morgan fingerprint density at radius 1 is 1.24 bits per heavy atom. The van der Waals surface area contributed by atoms with Gasteiger partial charge in [0.2, 0.25) is 11.8 Å². The second-order valence-corrected chi connectivity index (χ2v) is 7.34. The van der Waals surface area contributed by atoms with Gasteiger partial charge in [-0.1, -0.05) is 34.8 Å². The van der Waals surface area contributed by atoms with Crippen LogP contribution in [-0.4, -0.2) is 39.6 Å². The summed E-state index contributed by atoms with van der Waals surface area (Å²) in [6.45, 7) is 1.24. The monoisotopic (exact) mass is 406 g/mol. The predicted octanol–water partition coefficient (Wildman–Crippen LogP) is 1.38. The van der Waals surface area contributed by atoms with Crippen LogP contribution in [0.15, 0.2) is 12.1 Å². The van der Waals surface area contributed by atoms with Gasteiger partial charge in [-0.3, -0.25) is 25.0 Å². The molecule has 134 valence electrons. The number of aliphatic carboxylic acids is 1. The predicted molar refractivity (Wildman–Crippen MR) is 89.5 cm³/mol. The van der Waals surface area contributed by atoms with Crippen LogP contribution >= 0.6 is 34.8 Å². The smallest absolute Gasteiger partial charge is 0.327 e. The highest BCUT2D eigenvalue weighted by Gasteiger charge is 2.68. The van der Waals surface area contributed by atoms with Crippen molar-refractivity contribution in [2.24, 2.45) is 11.8 Å². The number of aliphatic hydroxyl groups is 1. The molecular weight excluding hydrogens is 395 g/mol. The molecule has 2 amide bonds. The summed E-state index contributed by atoms with van der Waals surface area (Å²) in [5, 5.41) is 25.2. The maximum atomic E-state index is 12.3. The van der Waals surface area contributed by atoms with E-state index in [9.17, 15) is 24.6 Å². The zero-order chi connectivity index (χ0) is 18.7. The average Bonchev–Trinajstić information content (AvgIpc) is 3.01. The number of aliphatic hydroxyl groups excluding tert-OH is 1. The maximum Gasteiger partial charge on any atom is 0.327 e. The number of carboxylic acid groups (broad SMARTS) is 1. The topological polar surface area (TPSA) is 116 Å². The van der Waals surface area contributed by atoms with E-state index in [0.717, 1.165) is 0 Å². The molecule has 2 fully saturated rings. The fourth-order valence-corrected chi connectivity index (χ4v) is 4.43. The van der Waals surface area contributed by atoms with Gasteiger partial charge in [-0.2, -0.15) is 0 Å². The first-order valence-corrected chi connectivity index (χ1v) is 8.43. The Kier molecular flexibility index (Phi) is 4.50. The molecule has 1 aromatic rings. The van der Waals surface area contributed by atoms with Crippen LogP contribution < -0.4 is 10.6 Å². The molecule has 0 bridgehead atoms. The normalized spacial score (nSPS) is 32.4. The lowest BCUT2D eigenvalue weighted by Gasteiger charge is -2.32. The van der Waals surface area contributed by atoms with E-state index in [-0.39, 0.29) is 20.6 Å². The molecule has 7 nitrogen and oxygen atoms in total. The van der Waals surface area contributed by atoms with Crippen LogP contribution in [-0.2, 0) is 14.4 Å². The van der Waals surface area contributed by atoms with E-state index in [1.54, 1.807) is 0 Å². The van der Waals surface area contributed by atoms with E-state index in [2.05, 4.69) is 10.6 Å². The Hall–Kier alpha value is -1.38. The molecule has 2 aliphatic rings. The largest absolute Gasteiger partial charge is 0.480 e. The van der Waals surface area contributed by atoms with E-state index in [4.69, 9.17) is 34.8 Å².